The van der Waals surface area contributed by atoms with Gasteiger partial charge in [0, 0.05) is 54.7 Å². The molecule has 0 bridgehead atoms. The van der Waals surface area contributed by atoms with Crippen LogP contribution in [0, 0.1) is 0 Å². The van der Waals surface area contributed by atoms with Crippen LogP contribution < -0.4 is 5.48 Å². The Morgan fingerprint density at radius 2 is 1.92 bits per heavy atom. The van der Waals surface area contributed by atoms with E-state index in [1.54, 1.807) is 17.0 Å². The van der Waals surface area contributed by atoms with Crippen LogP contribution in [-0.2, 0) is 33.9 Å². The molecule has 6 rings (SSSR count). The molecule has 0 spiro atoms. The van der Waals surface area contributed by atoms with Crippen LogP contribution in [0.5, 0.6) is 0 Å². The Morgan fingerprint density at radius 1 is 1.11 bits per heavy atom. The van der Waals surface area contributed by atoms with Gasteiger partial charge in [0.25, 0.3) is 11.8 Å². The Balaban J connectivity index is 1.23. The van der Waals surface area contributed by atoms with Crippen LogP contribution >= 0.6 is 0 Å². The predicted octanol–water partition coefficient (Wildman–Crippen LogP) is 3.59. The van der Waals surface area contributed by atoms with Gasteiger partial charge in [-0.05, 0) is 49.1 Å². The molecule has 2 atom stereocenters. The zero-order valence-electron chi connectivity index (χ0n) is 20.8. The summed E-state index contributed by atoms with van der Waals surface area (Å²) in [6, 6.07) is 15.0. The number of benzene rings is 2. The van der Waals surface area contributed by atoms with Crippen LogP contribution in [0.25, 0.3) is 10.9 Å². The van der Waals surface area contributed by atoms with Crippen molar-refractivity contribution in [1.82, 2.24) is 19.8 Å². The van der Waals surface area contributed by atoms with E-state index in [1.165, 1.54) is 4.90 Å². The molecule has 0 aliphatic carbocycles. The minimum Gasteiger partial charge on any atom is -0.350 e. The second-order valence-electron chi connectivity index (χ2n) is 9.78. The lowest BCUT2D eigenvalue weighted by Crippen LogP contribution is -2.40. The second kappa shape index (κ2) is 9.64. The average molecular weight is 503 g/mol. The van der Waals surface area contributed by atoms with E-state index in [-0.39, 0.29) is 17.8 Å². The molecule has 0 saturated carbocycles. The highest BCUT2D eigenvalue weighted by atomic mass is 16.8. The fraction of sp³-hybridized carbons (Fsp3) is 0.393. The van der Waals surface area contributed by atoms with Gasteiger partial charge in [-0.25, -0.2) is 15.1 Å². The zero-order valence-corrected chi connectivity index (χ0v) is 20.8. The van der Waals surface area contributed by atoms with Crippen LogP contribution in [0.4, 0.5) is 4.79 Å². The second-order valence-corrected chi connectivity index (χ2v) is 9.78. The average Bonchev–Trinajstić information content (AvgIpc) is 3.37. The summed E-state index contributed by atoms with van der Waals surface area (Å²) in [5.74, 6) is -0.420. The van der Waals surface area contributed by atoms with Crippen molar-refractivity contribution in [3.63, 3.8) is 0 Å². The van der Waals surface area contributed by atoms with E-state index in [2.05, 4.69) is 22.2 Å². The maximum absolute atomic E-state index is 12.9. The van der Waals surface area contributed by atoms with Gasteiger partial charge in [-0.1, -0.05) is 30.3 Å². The molecule has 2 unspecified atom stereocenters. The number of carbonyl (C=O) groups is 3. The lowest BCUT2D eigenvalue weighted by atomic mass is 9.97. The third-order valence-corrected chi connectivity index (χ3v) is 7.61. The van der Waals surface area contributed by atoms with Crippen LogP contribution in [0.15, 0.2) is 48.5 Å². The molecule has 4 heterocycles. The summed E-state index contributed by atoms with van der Waals surface area (Å²) in [5, 5.41) is 1.12. The number of ether oxygens (including phenoxy) is 1. The molecule has 3 aromatic rings. The Morgan fingerprint density at radius 3 is 2.68 bits per heavy atom. The summed E-state index contributed by atoms with van der Waals surface area (Å²) in [5.41, 5.74) is 7.29. The van der Waals surface area contributed by atoms with E-state index in [0.717, 1.165) is 47.0 Å². The van der Waals surface area contributed by atoms with Crippen LogP contribution in [0.1, 0.15) is 53.4 Å². The summed E-state index contributed by atoms with van der Waals surface area (Å²) in [6.07, 6.45) is 2.93. The van der Waals surface area contributed by atoms with Gasteiger partial charge in [0.05, 0.1) is 6.54 Å². The van der Waals surface area contributed by atoms with Crippen molar-refractivity contribution >= 4 is 28.7 Å². The SMILES string of the molecule is CCN1C(=O)C2Cc3c(n(Cc4ccc(C(=O)NOC5CCCCO5)cc4)c4ccccc34)CN2C1=O. The first kappa shape index (κ1) is 23.7. The number of hydroxylamine groups is 1. The highest BCUT2D eigenvalue weighted by molar-refractivity contribution is 6.05. The topological polar surface area (TPSA) is 93.1 Å². The number of fused-ring (bicyclic) bond motifs is 4. The van der Waals surface area contributed by atoms with Gasteiger partial charge in [0.15, 0.2) is 6.29 Å². The summed E-state index contributed by atoms with van der Waals surface area (Å²) >= 11 is 0. The molecule has 1 aromatic heterocycles. The van der Waals surface area contributed by atoms with Crippen molar-refractivity contribution in [2.75, 3.05) is 13.2 Å². The van der Waals surface area contributed by atoms with Gasteiger partial charge in [-0.15, -0.1) is 0 Å². The van der Waals surface area contributed by atoms with Crippen molar-refractivity contribution in [1.29, 1.82) is 0 Å². The maximum Gasteiger partial charge on any atom is 0.327 e. The quantitative estimate of drug-likeness (QED) is 0.411. The first-order valence-corrected chi connectivity index (χ1v) is 12.9. The lowest BCUT2D eigenvalue weighted by Gasteiger charge is -2.28. The minimum atomic E-state index is -0.432. The Bertz CT molecular complexity index is 1360. The Labute approximate surface area is 214 Å². The molecule has 9 heteroatoms. The Kier molecular flexibility index (Phi) is 6.18. The summed E-state index contributed by atoms with van der Waals surface area (Å²) < 4.78 is 7.72. The number of rotatable bonds is 6. The van der Waals surface area contributed by atoms with E-state index < -0.39 is 12.3 Å². The molecule has 3 aliphatic heterocycles. The van der Waals surface area contributed by atoms with E-state index in [1.807, 2.05) is 31.2 Å². The molecule has 2 saturated heterocycles. The van der Waals surface area contributed by atoms with E-state index in [9.17, 15) is 14.4 Å². The summed E-state index contributed by atoms with van der Waals surface area (Å²) in [6.45, 7) is 3.84. The fourth-order valence-electron chi connectivity index (χ4n) is 5.66. The van der Waals surface area contributed by atoms with Crippen LogP contribution in [0.2, 0.25) is 0 Å². The minimum absolute atomic E-state index is 0.108. The lowest BCUT2D eigenvalue weighted by molar-refractivity contribution is -0.186. The maximum atomic E-state index is 12.9. The molecule has 2 aromatic carbocycles. The predicted molar refractivity (Wildman–Crippen MR) is 135 cm³/mol. The normalized spacial score (nSPS) is 21.3. The molecule has 0 radical (unpaired) electrons. The number of urea groups is 1. The smallest absolute Gasteiger partial charge is 0.327 e. The highest BCUT2D eigenvalue weighted by Gasteiger charge is 2.47. The molecular weight excluding hydrogens is 472 g/mol. The van der Waals surface area contributed by atoms with Gasteiger partial charge in [0.1, 0.15) is 6.04 Å². The molecule has 192 valence electrons. The third kappa shape index (κ3) is 4.18. The molecule has 1 N–H and O–H groups in total. The highest BCUT2D eigenvalue weighted by Crippen LogP contribution is 2.36. The van der Waals surface area contributed by atoms with Crippen molar-refractivity contribution in [3.8, 4) is 0 Å². The third-order valence-electron chi connectivity index (χ3n) is 7.61. The monoisotopic (exact) mass is 502 g/mol. The van der Waals surface area contributed by atoms with E-state index in [4.69, 9.17) is 9.57 Å². The fourth-order valence-corrected chi connectivity index (χ4v) is 5.66. The number of nitrogens with zero attached hydrogens (tertiary/aromatic N) is 3. The van der Waals surface area contributed by atoms with Crippen molar-refractivity contribution in [2.45, 2.75) is 58.0 Å². The van der Waals surface area contributed by atoms with Gasteiger partial charge in [-0.2, -0.15) is 0 Å². The Hall–Kier alpha value is -3.69. The standard InChI is InChI=1S/C28H30N4O5/c1-2-30-27(34)23-15-21-20-7-3-4-8-22(20)31(24(21)17-32(23)28(30)35)16-18-10-12-19(13-11-18)26(33)29-37-25-9-5-6-14-36-25/h3-4,7-8,10-13,23,25H,2,5-6,9,14-17H2,1H3,(H,29,33). The molecule has 37 heavy (non-hydrogen) atoms. The molecule has 3 aliphatic rings. The van der Waals surface area contributed by atoms with Crippen molar-refractivity contribution in [3.05, 3.63) is 70.9 Å². The molecule has 9 nitrogen and oxygen atoms in total. The number of aromatic nitrogens is 1. The van der Waals surface area contributed by atoms with E-state index >= 15 is 0 Å². The van der Waals surface area contributed by atoms with Gasteiger partial charge in [0.2, 0.25) is 0 Å². The number of hydrogen-bond acceptors (Lipinski definition) is 5. The van der Waals surface area contributed by atoms with Gasteiger partial charge >= 0.3 is 6.03 Å². The van der Waals surface area contributed by atoms with Crippen molar-refractivity contribution < 1.29 is 24.0 Å². The molecular formula is C28H30N4O5. The largest absolute Gasteiger partial charge is 0.350 e. The molecule has 2 fully saturated rings. The molecule has 4 amide bonds. The first-order chi connectivity index (χ1) is 18.0. The van der Waals surface area contributed by atoms with Gasteiger partial charge < -0.3 is 14.2 Å². The van der Waals surface area contributed by atoms with E-state index in [0.29, 0.717) is 38.2 Å². The number of hydrogen-bond donors (Lipinski definition) is 1. The summed E-state index contributed by atoms with van der Waals surface area (Å²) in [7, 11) is 0. The number of amides is 4. The number of carbonyl (C=O) groups excluding carboxylic acids is 3. The first-order valence-electron chi connectivity index (χ1n) is 12.9. The zero-order chi connectivity index (χ0) is 25.5. The van der Waals surface area contributed by atoms with Gasteiger partial charge in [-0.3, -0.25) is 14.5 Å². The number of nitrogens with one attached hydrogen (secondary N) is 1. The van der Waals surface area contributed by atoms with Crippen LogP contribution in [0.3, 0.4) is 0 Å². The number of para-hydroxylation sites is 1. The van der Waals surface area contributed by atoms with Crippen LogP contribution in [-0.4, -0.2) is 57.7 Å². The number of likely N-dealkylation sites (N-methyl/N-ethyl adjacent to an activating group) is 1. The summed E-state index contributed by atoms with van der Waals surface area (Å²) in [4.78, 5) is 46.7. The van der Waals surface area contributed by atoms with Crippen molar-refractivity contribution in [2.24, 2.45) is 0 Å². The number of imide groups is 1.